The maximum Gasteiger partial charge on any atom is 0.418 e. The molecule has 0 aliphatic heterocycles. The van der Waals surface area contributed by atoms with Crippen molar-refractivity contribution < 1.29 is 17.9 Å². The second kappa shape index (κ2) is 7.35. The summed E-state index contributed by atoms with van der Waals surface area (Å²) in [7, 11) is 3.26. The molecule has 0 unspecified atom stereocenters. The predicted octanol–water partition coefficient (Wildman–Crippen LogP) is 2.38. The Morgan fingerprint density at radius 1 is 1.21 bits per heavy atom. The van der Waals surface area contributed by atoms with Gasteiger partial charge in [-0.2, -0.15) is 13.2 Å². The van der Waals surface area contributed by atoms with Gasteiger partial charge < -0.3 is 15.0 Å². The lowest BCUT2D eigenvalue weighted by Gasteiger charge is -2.23. The molecule has 0 atom stereocenters. The van der Waals surface area contributed by atoms with Gasteiger partial charge in [0.2, 0.25) is 0 Å². The van der Waals surface area contributed by atoms with Gasteiger partial charge in [-0.15, -0.1) is 0 Å². The van der Waals surface area contributed by atoms with E-state index in [1.807, 2.05) is 0 Å². The van der Waals surface area contributed by atoms with E-state index in [0.29, 0.717) is 26.2 Å². The first-order valence-electron chi connectivity index (χ1n) is 6.04. The molecule has 0 heterocycles. The lowest BCUT2D eigenvalue weighted by atomic mass is 10.1. The zero-order valence-corrected chi connectivity index (χ0v) is 11.1. The van der Waals surface area contributed by atoms with Crippen LogP contribution in [0.3, 0.4) is 0 Å². The maximum atomic E-state index is 12.8. The first kappa shape index (κ1) is 15.8. The Bertz CT molecular complexity index is 382. The van der Waals surface area contributed by atoms with E-state index in [2.05, 4.69) is 5.32 Å². The van der Waals surface area contributed by atoms with E-state index in [9.17, 15) is 13.2 Å². The molecule has 0 amide bonds. The van der Waals surface area contributed by atoms with Crippen LogP contribution in [0.25, 0.3) is 0 Å². The number of nitrogens with one attached hydrogen (secondary N) is 1. The van der Waals surface area contributed by atoms with Crippen molar-refractivity contribution in [2.45, 2.75) is 6.18 Å². The predicted molar refractivity (Wildman–Crippen MR) is 69.5 cm³/mol. The van der Waals surface area contributed by atoms with Crippen molar-refractivity contribution >= 4 is 5.69 Å². The normalized spacial score (nSPS) is 11.6. The second-order valence-corrected chi connectivity index (χ2v) is 4.18. The quantitative estimate of drug-likeness (QED) is 0.774. The highest BCUT2D eigenvalue weighted by Crippen LogP contribution is 2.35. The minimum absolute atomic E-state index is 0.198. The molecule has 0 saturated carbocycles. The van der Waals surface area contributed by atoms with Gasteiger partial charge in [-0.05, 0) is 12.1 Å². The number of anilines is 1. The van der Waals surface area contributed by atoms with Crippen LogP contribution in [0.15, 0.2) is 24.3 Å². The zero-order valence-electron chi connectivity index (χ0n) is 11.1. The van der Waals surface area contributed by atoms with Gasteiger partial charge in [0.25, 0.3) is 0 Å². The summed E-state index contributed by atoms with van der Waals surface area (Å²) >= 11 is 0. The molecule has 1 rings (SSSR count). The van der Waals surface area contributed by atoms with Crippen molar-refractivity contribution in [2.75, 3.05) is 45.3 Å². The molecule has 1 aromatic rings. The third-order valence-electron chi connectivity index (χ3n) is 2.73. The highest BCUT2D eigenvalue weighted by Gasteiger charge is 2.33. The lowest BCUT2D eigenvalue weighted by molar-refractivity contribution is -0.137. The number of halogens is 3. The highest BCUT2D eigenvalue weighted by molar-refractivity contribution is 5.54. The minimum Gasteiger partial charge on any atom is -0.383 e. The molecular formula is C13H19F3N2O. The number of alkyl halides is 3. The van der Waals surface area contributed by atoms with Crippen molar-refractivity contribution in [3.8, 4) is 0 Å². The molecule has 19 heavy (non-hydrogen) atoms. The monoisotopic (exact) mass is 276 g/mol. The van der Waals surface area contributed by atoms with Crippen LogP contribution in [-0.2, 0) is 10.9 Å². The topological polar surface area (TPSA) is 24.5 Å². The SMILES string of the molecule is COCCNCCN(C)c1ccccc1C(F)(F)F. The van der Waals surface area contributed by atoms with Gasteiger partial charge in [-0.3, -0.25) is 0 Å². The van der Waals surface area contributed by atoms with E-state index in [-0.39, 0.29) is 5.69 Å². The van der Waals surface area contributed by atoms with E-state index in [0.717, 1.165) is 6.07 Å². The van der Waals surface area contributed by atoms with E-state index in [1.54, 1.807) is 25.1 Å². The molecule has 0 radical (unpaired) electrons. The smallest absolute Gasteiger partial charge is 0.383 e. The summed E-state index contributed by atoms with van der Waals surface area (Å²) in [5, 5.41) is 3.10. The number of ether oxygens (including phenoxy) is 1. The third kappa shape index (κ3) is 5.08. The van der Waals surface area contributed by atoms with Crippen molar-refractivity contribution in [1.82, 2.24) is 5.32 Å². The van der Waals surface area contributed by atoms with E-state index >= 15 is 0 Å². The molecule has 3 nitrogen and oxygen atoms in total. The van der Waals surface area contributed by atoms with Crippen LogP contribution >= 0.6 is 0 Å². The fraction of sp³-hybridized carbons (Fsp3) is 0.538. The first-order valence-corrected chi connectivity index (χ1v) is 6.04. The van der Waals surface area contributed by atoms with Crippen molar-refractivity contribution in [3.05, 3.63) is 29.8 Å². The summed E-state index contributed by atoms with van der Waals surface area (Å²) in [6, 6.07) is 5.60. The van der Waals surface area contributed by atoms with Crippen LogP contribution in [0, 0.1) is 0 Å². The molecular weight excluding hydrogens is 257 g/mol. The maximum absolute atomic E-state index is 12.8. The number of nitrogens with zero attached hydrogens (tertiary/aromatic N) is 1. The van der Waals surface area contributed by atoms with Gasteiger partial charge >= 0.3 is 6.18 Å². The molecule has 0 fully saturated rings. The molecule has 0 spiro atoms. The van der Waals surface area contributed by atoms with Crippen LogP contribution in [-0.4, -0.2) is 40.4 Å². The van der Waals surface area contributed by atoms with Gasteiger partial charge in [0.05, 0.1) is 12.2 Å². The molecule has 0 bridgehead atoms. The largest absolute Gasteiger partial charge is 0.418 e. The Morgan fingerprint density at radius 3 is 2.53 bits per heavy atom. The Labute approximate surface area is 111 Å². The minimum atomic E-state index is -4.33. The summed E-state index contributed by atoms with van der Waals surface area (Å²) in [5.74, 6) is 0. The summed E-state index contributed by atoms with van der Waals surface area (Å²) in [6.07, 6.45) is -4.33. The van der Waals surface area contributed by atoms with Crippen molar-refractivity contribution in [1.29, 1.82) is 0 Å². The van der Waals surface area contributed by atoms with E-state index in [4.69, 9.17) is 4.74 Å². The summed E-state index contributed by atoms with van der Waals surface area (Å²) in [5.41, 5.74) is -0.405. The van der Waals surface area contributed by atoms with Crippen LogP contribution in [0.2, 0.25) is 0 Å². The van der Waals surface area contributed by atoms with E-state index < -0.39 is 11.7 Å². The molecule has 0 aromatic heterocycles. The fourth-order valence-electron chi connectivity index (χ4n) is 1.71. The molecule has 0 aliphatic carbocycles. The van der Waals surface area contributed by atoms with Gasteiger partial charge in [-0.1, -0.05) is 12.1 Å². The van der Waals surface area contributed by atoms with Gasteiger partial charge in [0.1, 0.15) is 0 Å². The van der Waals surface area contributed by atoms with Gasteiger partial charge in [0.15, 0.2) is 0 Å². The Kier molecular flexibility index (Phi) is 6.11. The number of benzene rings is 1. The molecule has 0 saturated heterocycles. The van der Waals surface area contributed by atoms with Crippen LogP contribution in [0.5, 0.6) is 0 Å². The van der Waals surface area contributed by atoms with Crippen molar-refractivity contribution in [3.63, 3.8) is 0 Å². The number of rotatable bonds is 7. The summed E-state index contributed by atoms with van der Waals surface area (Å²) < 4.78 is 43.4. The van der Waals surface area contributed by atoms with Crippen molar-refractivity contribution in [2.24, 2.45) is 0 Å². The average Bonchev–Trinajstić information content (AvgIpc) is 2.37. The van der Waals surface area contributed by atoms with Gasteiger partial charge in [0, 0.05) is 39.5 Å². The van der Waals surface area contributed by atoms with Crippen LogP contribution in [0.4, 0.5) is 18.9 Å². The Balaban J connectivity index is 2.59. The molecule has 108 valence electrons. The molecule has 0 aliphatic rings. The summed E-state index contributed by atoms with van der Waals surface area (Å²) in [6.45, 7) is 2.37. The summed E-state index contributed by atoms with van der Waals surface area (Å²) in [4.78, 5) is 1.60. The number of para-hydroxylation sites is 1. The van der Waals surface area contributed by atoms with Crippen LogP contribution in [0.1, 0.15) is 5.56 Å². The van der Waals surface area contributed by atoms with Gasteiger partial charge in [-0.25, -0.2) is 0 Å². The number of hydrogen-bond donors (Lipinski definition) is 1. The number of methoxy groups -OCH3 is 1. The number of hydrogen-bond acceptors (Lipinski definition) is 3. The van der Waals surface area contributed by atoms with Crippen LogP contribution < -0.4 is 10.2 Å². The molecule has 6 heteroatoms. The second-order valence-electron chi connectivity index (χ2n) is 4.18. The lowest BCUT2D eigenvalue weighted by Crippen LogP contribution is -2.31. The molecule has 1 aromatic carbocycles. The molecule has 1 N–H and O–H groups in total. The Hall–Kier alpha value is -1.27. The fourth-order valence-corrected chi connectivity index (χ4v) is 1.71. The number of likely N-dealkylation sites (N-methyl/N-ethyl adjacent to an activating group) is 1. The Morgan fingerprint density at radius 2 is 1.89 bits per heavy atom. The highest BCUT2D eigenvalue weighted by atomic mass is 19.4. The third-order valence-corrected chi connectivity index (χ3v) is 2.73. The van der Waals surface area contributed by atoms with E-state index in [1.165, 1.54) is 12.1 Å². The standard InChI is InChI=1S/C13H19F3N2O/c1-18(9-7-17-8-10-19-2)12-6-4-3-5-11(12)13(14,15)16/h3-6,17H,7-10H2,1-2H3. The zero-order chi connectivity index (χ0) is 14.3. The average molecular weight is 276 g/mol. The first-order chi connectivity index (χ1) is 8.96.